The van der Waals surface area contributed by atoms with Crippen LogP contribution in [0.25, 0.3) is 0 Å². The predicted molar refractivity (Wildman–Crippen MR) is 101 cm³/mol. The topological polar surface area (TPSA) is 45.2 Å². The monoisotopic (exact) mass is 389 g/mol. The second-order valence-electron chi connectivity index (χ2n) is 5.54. The van der Waals surface area contributed by atoms with Crippen LogP contribution in [0, 0.1) is 11.6 Å². The van der Waals surface area contributed by atoms with Gasteiger partial charge in [0.1, 0.15) is 16.7 Å². The number of benzene rings is 1. The van der Waals surface area contributed by atoms with Gasteiger partial charge in [-0.1, -0.05) is 0 Å². The maximum absolute atomic E-state index is 13.7. The fraction of sp³-hybridized carbons (Fsp3) is 0.111. The molecule has 0 bridgehead atoms. The van der Waals surface area contributed by atoms with E-state index >= 15 is 0 Å². The molecule has 0 atom stereocenters. The van der Waals surface area contributed by atoms with E-state index < -0.39 is 17.5 Å². The SMILES string of the molecule is O=C(Nc1ccc(F)cc1F)c1ccc(N2CCSc3ncccc32)s1. The van der Waals surface area contributed by atoms with Crippen LogP contribution in [0.1, 0.15) is 9.67 Å². The highest BCUT2D eigenvalue weighted by molar-refractivity contribution is 7.99. The molecule has 1 aliphatic rings. The number of halogens is 2. The Morgan fingerprint density at radius 1 is 1.19 bits per heavy atom. The van der Waals surface area contributed by atoms with E-state index in [1.54, 1.807) is 24.0 Å². The lowest BCUT2D eigenvalue weighted by Gasteiger charge is -2.28. The lowest BCUT2D eigenvalue weighted by molar-refractivity contribution is 0.103. The van der Waals surface area contributed by atoms with Crippen molar-refractivity contribution in [1.82, 2.24) is 4.98 Å². The number of hydrogen-bond donors (Lipinski definition) is 1. The zero-order chi connectivity index (χ0) is 18.1. The van der Waals surface area contributed by atoms with E-state index in [4.69, 9.17) is 0 Å². The molecule has 0 radical (unpaired) electrons. The summed E-state index contributed by atoms with van der Waals surface area (Å²) in [6.45, 7) is 0.817. The Morgan fingerprint density at radius 2 is 2.08 bits per heavy atom. The molecule has 0 aliphatic carbocycles. The minimum absolute atomic E-state index is 0.0460. The third-order valence-electron chi connectivity index (χ3n) is 3.86. The number of thioether (sulfide) groups is 1. The van der Waals surface area contributed by atoms with E-state index in [1.165, 1.54) is 17.4 Å². The van der Waals surface area contributed by atoms with Gasteiger partial charge in [0.25, 0.3) is 5.91 Å². The van der Waals surface area contributed by atoms with Gasteiger partial charge in [-0.3, -0.25) is 4.79 Å². The second kappa shape index (κ2) is 7.05. The first-order valence-corrected chi connectivity index (χ1v) is 9.63. The quantitative estimate of drug-likeness (QED) is 0.691. The van der Waals surface area contributed by atoms with Crippen LogP contribution in [-0.4, -0.2) is 23.2 Å². The van der Waals surface area contributed by atoms with Crippen molar-refractivity contribution in [2.45, 2.75) is 5.03 Å². The standard InChI is InChI=1S/C18H13F2N3OS2/c19-11-3-4-13(12(20)10-11)22-17(24)15-5-6-16(26-15)23-8-9-25-18-14(23)2-1-7-21-18/h1-7,10H,8-9H2,(H,22,24). The lowest BCUT2D eigenvalue weighted by atomic mass is 10.3. The summed E-state index contributed by atoms with van der Waals surface area (Å²) in [7, 11) is 0. The van der Waals surface area contributed by atoms with Gasteiger partial charge in [-0.05, 0) is 36.4 Å². The van der Waals surface area contributed by atoms with E-state index in [9.17, 15) is 13.6 Å². The van der Waals surface area contributed by atoms with Crippen molar-refractivity contribution < 1.29 is 13.6 Å². The van der Waals surface area contributed by atoms with Crippen molar-refractivity contribution in [2.24, 2.45) is 0 Å². The summed E-state index contributed by atoms with van der Waals surface area (Å²) in [4.78, 5) is 19.4. The van der Waals surface area contributed by atoms with Gasteiger partial charge in [-0.2, -0.15) is 0 Å². The van der Waals surface area contributed by atoms with Crippen molar-refractivity contribution in [3.63, 3.8) is 0 Å². The molecular weight excluding hydrogens is 376 g/mol. The molecule has 4 nitrogen and oxygen atoms in total. The summed E-state index contributed by atoms with van der Waals surface area (Å²) in [6.07, 6.45) is 1.76. The second-order valence-corrected chi connectivity index (χ2v) is 7.69. The zero-order valence-corrected chi connectivity index (χ0v) is 15.0. The van der Waals surface area contributed by atoms with Crippen molar-refractivity contribution in [3.8, 4) is 0 Å². The van der Waals surface area contributed by atoms with E-state index in [0.29, 0.717) is 4.88 Å². The summed E-state index contributed by atoms with van der Waals surface area (Å²) in [5.41, 5.74) is 0.970. The normalized spacial score (nSPS) is 13.4. The molecule has 0 unspecified atom stereocenters. The van der Waals surface area contributed by atoms with Gasteiger partial charge in [-0.15, -0.1) is 23.1 Å². The number of pyridine rings is 1. The van der Waals surface area contributed by atoms with Gasteiger partial charge in [-0.25, -0.2) is 13.8 Å². The number of aromatic nitrogens is 1. The molecule has 1 N–H and O–H groups in total. The molecule has 26 heavy (non-hydrogen) atoms. The molecule has 0 fully saturated rings. The highest BCUT2D eigenvalue weighted by Crippen LogP contribution is 2.40. The Labute approximate surface area is 156 Å². The van der Waals surface area contributed by atoms with Crippen LogP contribution in [0.15, 0.2) is 53.7 Å². The summed E-state index contributed by atoms with van der Waals surface area (Å²) >= 11 is 3.02. The van der Waals surface area contributed by atoms with Crippen molar-refractivity contribution >= 4 is 45.4 Å². The number of carbonyl (C=O) groups is 1. The summed E-state index contributed by atoms with van der Waals surface area (Å²) in [5.74, 6) is -1.01. The highest BCUT2D eigenvalue weighted by atomic mass is 32.2. The van der Waals surface area contributed by atoms with Gasteiger partial charge >= 0.3 is 0 Å². The van der Waals surface area contributed by atoms with Crippen LogP contribution in [0.5, 0.6) is 0 Å². The summed E-state index contributed by atoms with van der Waals surface area (Å²) in [5, 5.41) is 4.37. The number of rotatable bonds is 3. The number of amides is 1. The number of nitrogens with one attached hydrogen (secondary N) is 1. The summed E-state index contributed by atoms with van der Waals surface area (Å²) in [6, 6.07) is 10.5. The van der Waals surface area contributed by atoms with E-state index in [1.807, 2.05) is 18.2 Å². The smallest absolute Gasteiger partial charge is 0.265 e. The third kappa shape index (κ3) is 3.30. The average molecular weight is 389 g/mol. The molecule has 8 heteroatoms. The van der Waals surface area contributed by atoms with Crippen LogP contribution in [0.4, 0.5) is 25.2 Å². The molecule has 3 heterocycles. The Bertz CT molecular complexity index is 977. The average Bonchev–Trinajstić information content (AvgIpc) is 3.13. The first-order valence-electron chi connectivity index (χ1n) is 7.83. The Hall–Kier alpha value is -2.45. The molecule has 0 saturated heterocycles. The van der Waals surface area contributed by atoms with Crippen molar-refractivity contribution in [2.75, 3.05) is 22.5 Å². The number of nitrogens with zero attached hydrogens (tertiary/aromatic N) is 2. The van der Waals surface area contributed by atoms with Crippen LogP contribution < -0.4 is 10.2 Å². The maximum atomic E-state index is 13.7. The number of thiophene rings is 1. The minimum Gasteiger partial charge on any atom is -0.330 e. The summed E-state index contributed by atoms with van der Waals surface area (Å²) < 4.78 is 26.7. The third-order valence-corrected chi connectivity index (χ3v) is 5.94. The van der Waals surface area contributed by atoms with Crippen molar-refractivity contribution in [1.29, 1.82) is 0 Å². The molecule has 132 valence electrons. The van der Waals surface area contributed by atoms with Gasteiger partial charge in [0.2, 0.25) is 0 Å². The molecule has 1 aromatic carbocycles. The number of carbonyl (C=O) groups excluding carboxylic acids is 1. The lowest BCUT2D eigenvalue weighted by Crippen LogP contribution is -2.23. The minimum atomic E-state index is -0.803. The fourth-order valence-corrected chi connectivity index (χ4v) is 4.52. The largest absolute Gasteiger partial charge is 0.330 e. The molecule has 3 aromatic rings. The molecule has 2 aromatic heterocycles. The first kappa shape index (κ1) is 17.0. The molecule has 0 spiro atoms. The Morgan fingerprint density at radius 3 is 2.92 bits per heavy atom. The number of hydrogen-bond acceptors (Lipinski definition) is 5. The van der Waals surface area contributed by atoms with E-state index in [2.05, 4.69) is 15.2 Å². The van der Waals surface area contributed by atoms with Crippen LogP contribution in [0.2, 0.25) is 0 Å². The van der Waals surface area contributed by atoms with Gasteiger partial charge < -0.3 is 10.2 Å². The zero-order valence-electron chi connectivity index (χ0n) is 13.4. The highest BCUT2D eigenvalue weighted by Gasteiger charge is 2.22. The van der Waals surface area contributed by atoms with E-state index in [-0.39, 0.29) is 5.69 Å². The fourth-order valence-electron chi connectivity index (χ4n) is 2.65. The predicted octanol–water partition coefficient (Wildman–Crippen LogP) is 4.92. The molecular formula is C18H13F2N3OS2. The number of fused-ring (bicyclic) bond motifs is 1. The van der Waals surface area contributed by atoms with Gasteiger partial charge in [0.05, 0.1) is 21.3 Å². The van der Waals surface area contributed by atoms with Crippen LogP contribution in [-0.2, 0) is 0 Å². The first-order chi connectivity index (χ1) is 12.6. The van der Waals surface area contributed by atoms with Gasteiger partial charge in [0.15, 0.2) is 0 Å². The molecule has 1 aliphatic heterocycles. The molecule has 1 amide bonds. The van der Waals surface area contributed by atoms with Gasteiger partial charge in [0, 0.05) is 24.6 Å². The maximum Gasteiger partial charge on any atom is 0.265 e. The van der Waals surface area contributed by atoms with Crippen molar-refractivity contribution in [3.05, 3.63) is 65.2 Å². The molecule has 0 saturated carbocycles. The number of anilines is 3. The van der Waals surface area contributed by atoms with Crippen LogP contribution >= 0.6 is 23.1 Å². The molecule has 4 rings (SSSR count). The Balaban J connectivity index is 1.56. The van der Waals surface area contributed by atoms with E-state index in [0.717, 1.165) is 40.1 Å². The Kier molecular flexibility index (Phi) is 4.60. The van der Waals surface area contributed by atoms with Crippen LogP contribution in [0.3, 0.4) is 0 Å².